The molecule has 4 N–H and O–H groups in total. The number of nitrogens with zero attached hydrogens (tertiary/aromatic N) is 1. The summed E-state index contributed by atoms with van der Waals surface area (Å²) in [6.07, 6.45) is 1.86. The summed E-state index contributed by atoms with van der Waals surface area (Å²) < 4.78 is 11.2. The molecule has 2 aromatic heterocycles. The maximum atomic E-state index is 8.88. The van der Waals surface area contributed by atoms with E-state index in [1.165, 1.54) is 19.9 Å². The van der Waals surface area contributed by atoms with Crippen LogP contribution in [0.3, 0.4) is 0 Å². The van der Waals surface area contributed by atoms with Gasteiger partial charge in [-0.1, -0.05) is 15.9 Å². The second-order valence-electron chi connectivity index (χ2n) is 4.27. The minimum Gasteiger partial charge on any atom is -0.352 e. The lowest BCUT2D eigenvalue weighted by molar-refractivity contribution is 0.275. The molecule has 3 aromatic rings. The second kappa shape index (κ2) is 6.31. The molecule has 0 saturated carbocycles. The van der Waals surface area contributed by atoms with Crippen molar-refractivity contribution in [1.82, 2.24) is 9.97 Å². The first kappa shape index (κ1) is 16.9. The van der Waals surface area contributed by atoms with Crippen molar-refractivity contribution in [1.29, 1.82) is 0 Å². The molecule has 0 amide bonds. The lowest BCUT2D eigenvalue weighted by Crippen LogP contribution is -1.80. The van der Waals surface area contributed by atoms with Gasteiger partial charge in [0.15, 0.2) is 0 Å². The fourth-order valence-electron chi connectivity index (χ4n) is 1.99. The van der Waals surface area contributed by atoms with Gasteiger partial charge in [-0.05, 0) is 47.7 Å². The first-order valence-corrected chi connectivity index (χ1v) is 9.11. The molecule has 0 saturated heterocycles. The number of aromatic nitrogens is 2. The molecule has 0 fully saturated rings. The Morgan fingerprint density at radius 2 is 1.86 bits per heavy atom. The molecule has 0 aliphatic carbocycles. The number of pyridine rings is 1. The predicted molar refractivity (Wildman–Crippen MR) is 93.0 cm³/mol. The van der Waals surface area contributed by atoms with Gasteiger partial charge in [-0.2, -0.15) is 0 Å². The van der Waals surface area contributed by atoms with Gasteiger partial charge in [0.05, 0.1) is 16.7 Å². The topological polar surface area (TPSA) is 106 Å². The van der Waals surface area contributed by atoms with Gasteiger partial charge in [-0.3, -0.25) is 4.98 Å². The van der Waals surface area contributed by atoms with Crippen LogP contribution >= 0.6 is 46.3 Å². The largest absolute Gasteiger partial charge is 0.466 e. The summed E-state index contributed by atoms with van der Waals surface area (Å²) in [4.78, 5) is 29.3. The van der Waals surface area contributed by atoms with Crippen molar-refractivity contribution in [2.45, 2.75) is 6.92 Å². The average Bonchev–Trinajstić information content (AvgIpc) is 2.68. The molecule has 1 aromatic carbocycles. The molecular formula is C12H11BrIN2O4P. The van der Waals surface area contributed by atoms with E-state index in [9.17, 15) is 0 Å². The SMILES string of the molecule is Cc1nccc2c1[nH]c1c(I)cc(Br)cc12.O=P(O)(O)O. The summed E-state index contributed by atoms with van der Waals surface area (Å²) in [6.45, 7) is 2.03. The number of aryl methyl sites for hydroxylation is 1. The molecular weight excluding hydrogens is 474 g/mol. The molecule has 112 valence electrons. The maximum absolute atomic E-state index is 8.88. The maximum Gasteiger partial charge on any atom is 0.466 e. The monoisotopic (exact) mass is 484 g/mol. The van der Waals surface area contributed by atoms with Crippen LogP contribution in [-0.4, -0.2) is 24.6 Å². The molecule has 0 bridgehead atoms. The summed E-state index contributed by atoms with van der Waals surface area (Å²) in [5.41, 5.74) is 3.36. The second-order valence-corrected chi connectivity index (χ2v) is 7.37. The van der Waals surface area contributed by atoms with Crippen LogP contribution in [0.1, 0.15) is 5.69 Å². The Morgan fingerprint density at radius 3 is 2.48 bits per heavy atom. The number of benzene rings is 1. The Labute approximate surface area is 142 Å². The molecule has 6 nitrogen and oxygen atoms in total. The fraction of sp³-hybridized carbons (Fsp3) is 0.0833. The molecule has 0 spiro atoms. The summed E-state index contributed by atoms with van der Waals surface area (Å²) >= 11 is 5.89. The van der Waals surface area contributed by atoms with Crippen molar-refractivity contribution in [3.05, 3.63) is 38.1 Å². The van der Waals surface area contributed by atoms with E-state index >= 15 is 0 Å². The van der Waals surface area contributed by atoms with Crippen LogP contribution in [0.15, 0.2) is 28.9 Å². The number of aromatic amines is 1. The third kappa shape index (κ3) is 4.24. The Kier molecular flexibility index (Phi) is 5.07. The van der Waals surface area contributed by atoms with Crippen molar-refractivity contribution in [3.8, 4) is 0 Å². The molecule has 0 radical (unpaired) electrons. The predicted octanol–water partition coefficient (Wildman–Crippen LogP) is 3.46. The smallest absolute Gasteiger partial charge is 0.352 e. The number of fused-ring (bicyclic) bond motifs is 3. The Bertz CT molecular complexity index is 853. The van der Waals surface area contributed by atoms with Crippen molar-refractivity contribution >= 4 is 68.1 Å². The molecule has 3 rings (SSSR count). The molecule has 9 heteroatoms. The average molecular weight is 485 g/mol. The highest BCUT2D eigenvalue weighted by Crippen LogP contribution is 2.32. The number of phosphoric acid groups is 1. The van der Waals surface area contributed by atoms with E-state index in [-0.39, 0.29) is 0 Å². The highest BCUT2D eigenvalue weighted by Gasteiger charge is 2.09. The van der Waals surface area contributed by atoms with Gasteiger partial charge in [0, 0.05) is 25.0 Å². The Balaban J connectivity index is 0.000000282. The Morgan fingerprint density at radius 1 is 1.24 bits per heavy atom. The van der Waals surface area contributed by atoms with Crippen LogP contribution in [0.4, 0.5) is 0 Å². The number of H-pyrrole nitrogens is 1. The molecule has 0 unspecified atom stereocenters. The van der Waals surface area contributed by atoms with Crippen LogP contribution in [0.5, 0.6) is 0 Å². The lowest BCUT2D eigenvalue weighted by atomic mass is 10.2. The first-order chi connectivity index (χ1) is 9.66. The van der Waals surface area contributed by atoms with E-state index in [1.54, 1.807) is 0 Å². The van der Waals surface area contributed by atoms with Gasteiger partial charge in [-0.25, -0.2) is 4.57 Å². The van der Waals surface area contributed by atoms with Crippen molar-refractivity contribution in [2.75, 3.05) is 0 Å². The number of hydrogen-bond donors (Lipinski definition) is 4. The van der Waals surface area contributed by atoms with Gasteiger partial charge in [-0.15, -0.1) is 0 Å². The third-order valence-electron chi connectivity index (χ3n) is 2.74. The van der Waals surface area contributed by atoms with Crippen LogP contribution in [0.25, 0.3) is 21.8 Å². The number of rotatable bonds is 0. The van der Waals surface area contributed by atoms with Crippen LogP contribution in [0, 0.1) is 10.5 Å². The molecule has 0 aliphatic rings. The molecule has 0 aliphatic heterocycles. The van der Waals surface area contributed by atoms with E-state index in [0.29, 0.717) is 0 Å². The van der Waals surface area contributed by atoms with E-state index in [0.717, 1.165) is 15.7 Å². The summed E-state index contributed by atoms with van der Waals surface area (Å²) in [5, 5.41) is 2.49. The quantitative estimate of drug-likeness (QED) is 0.289. The van der Waals surface area contributed by atoms with E-state index in [4.69, 9.17) is 19.2 Å². The zero-order chi connectivity index (χ0) is 15.8. The van der Waals surface area contributed by atoms with E-state index < -0.39 is 7.82 Å². The van der Waals surface area contributed by atoms with Crippen molar-refractivity contribution < 1.29 is 19.2 Å². The van der Waals surface area contributed by atoms with Gasteiger partial charge in [0.2, 0.25) is 0 Å². The van der Waals surface area contributed by atoms with Gasteiger partial charge < -0.3 is 19.7 Å². The molecule has 21 heavy (non-hydrogen) atoms. The fourth-order valence-corrected chi connectivity index (χ4v) is 3.63. The van der Waals surface area contributed by atoms with Crippen LogP contribution in [0.2, 0.25) is 0 Å². The summed E-state index contributed by atoms with van der Waals surface area (Å²) in [5.74, 6) is 0. The first-order valence-electron chi connectivity index (χ1n) is 5.67. The minimum atomic E-state index is -4.64. The summed E-state index contributed by atoms with van der Waals surface area (Å²) in [6, 6.07) is 6.32. The lowest BCUT2D eigenvalue weighted by Gasteiger charge is -1.96. The summed E-state index contributed by atoms with van der Waals surface area (Å²) in [7, 11) is -4.64. The highest BCUT2D eigenvalue weighted by molar-refractivity contribution is 14.1. The third-order valence-corrected chi connectivity index (χ3v) is 4.04. The van der Waals surface area contributed by atoms with Crippen molar-refractivity contribution in [3.63, 3.8) is 0 Å². The normalized spacial score (nSPS) is 11.5. The Hall–Kier alpha value is -0.510. The zero-order valence-corrected chi connectivity index (χ0v) is 15.3. The number of nitrogens with one attached hydrogen (secondary N) is 1. The number of halogens is 2. The standard InChI is InChI=1S/C12H8BrIN2.H3O4P/c1-6-11-8(2-3-15-6)9-4-7(13)5-10(14)12(9)16-11;1-5(2,3)4/h2-5,16H,1H3;(H3,1,2,3,4). The van der Waals surface area contributed by atoms with Gasteiger partial charge >= 0.3 is 7.82 Å². The van der Waals surface area contributed by atoms with E-state index in [1.807, 2.05) is 13.1 Å². The van der Waals surface area contributed by atoms with Crippen LogP contribution in [-0.2, 0) is 4.57 Å². The number of hydrogen-bond acceptors (Lipinski definition) is 2. The highest BCUT2D eigenvalue weighted by atomic mass is 127. The van der Waals surface area contributed by atoms with E-state index in [2.05, 4.69) is 66.7 Å². The van der Waals surface area contributed by atoms with Crippen LogP contribution < -0.4 is 0 Å². The van der Waals surface area contributed by atoms with Gasteiger partial charge in [0.25, 0.3) is 0 Å². The molecule has 0 atom stereocenters. The van der Waals surface area contributed by atoms with Gasteiger partial charge in [0.1, 0.15) is 0 Å². The molecule has 2 heterocycles. The zero-order valence-electron chi connectivity index (χ0n) is 10.7. The van der Waals surface area contributed by atoms with Crippen molar-refractivity contribution in [2.24, 2.45) is 0 Å². The minimum absolute atomic E-state index is 1.04.